The third kappa shape index (κ3) is 2.29. The van der Waals surface area contributed by atoms with Crippen molar-refractivity contribution in [1.29, 1.82) is 0 Å². The molecule has 0 fully saturated rings. The first-order valence-electron chi connectivity index (χ1n) is 6.80. The second kappa shape index (κ2) is 5.05. The maximum absolute atomic E-state index is 13.4. The molecule has 0 aliphatic heterocycles. The number of ketones is 1. The van der Waals surface area contributed by atoms with E-state index in [0.717, 1.165) is 22.9 Å². The van der Waals surface area contributed by atoms with E-state index in [1.807, 2.05) is 18.2 Å². The highest BCUT2D eigenvalue weighted by Gasteiger charge is 2.16. The van der Waals surface area contributed by atoms with Gasteiger partial charge < -0.3 is 10.7 Å². The molecule has 21 heavy (non-hydrogen) atoms. The van der Waals surface area contributed by atoms with Crippen molar-refractivity contribution < 1.29 is 9.18 Å². The van der Waals surface area contributed by atoms with Crippen LogP contribution in [0.25, 0.3) is 10.9 Å². The maximum Gasteiger partial charge on any atom is 0.195 e. The molecule has 106 valence electrons. The summed E-state index contributed by atoms with van der Waals surface area (Å²) < 4.78 is 13.4. The zero-order valence-electron chi connectivity index (χ0n) is 11.6. The van der Waals surface area contributed by atoms with Gasteiger partial charge in [-0.25, -0.2) is 4.39 Å². The summed E-state index contributed by atoms with van der Waals surface area (Å²) in [4.78, 5) is 15.7. The van der Waals surface area contributed by atoms with E-state index < -0.39 is 5.82 Å². The van der Waals surface area contributed by atoms with Crippen molar-refractivity contribution in [1.82, 2.24) is 4.98 Å². The van der Waals surface area contributed by atoms with Crippen LogP contribution in [-0.2, 0) is 6.42 Å². The number of carbonyl (C=O) groups is 1. The summed E-state index contributed by atoms with van der Waals surface area (Å²) in [6, 6.07) is 9.73. The van der Waals surface area contributed by atoms with Crippen molar-refractivity contribution in [2.45, 2.75) is 13.3 Å². The van der Waals surface area contributed by atoms with Crippen molar-refractivity contribution in [2.24, 2.45) is 0 Å². The number of aromatic amines is 1. The smallest absolute Gasteiger partial charge is 0.195 e. The molecule has 0 amide bonds. The second-order valence-electron chi connectivity index (χ2n) is 5.00. The topological polar surface area (TPSA) is 58.9 Å². The quantitative estimate of drug-likeness (QED) is 0.568. The second-order valence-corrected chi connectivity index (χ2v) is 5.00. The number of rotatable bonds is 3. The Morgan fingerprint density at radius 1 is 1.29 bits per heavy atom. The molecule has 4 heteroatoms. The average Bonchev–Trinajstić information content (AvgIpc) is 2.89. The number of fused-ring (bicyclic) bond motifs is 1. The summed E-state index contributed by atoms with van der Waals surface area (Å²) in [6.45, 7) is 2.06. The lowest BCUT2D eigenvalue weighted by atomic mass is 10.0. The monoisotopic (exact) mass is 282 g/mol. The van der Waals surface area contributed by atoms with Gasteiger partial charge in [-0.15, -0.1) is 0 Å². The Morgan fingerprint density at radius 3 is 2.81 bits per heavy atom. The van der Waals surface area contributed by atoms with Crippen molar-refractivity contribution in [3.8, 4) is 0 Å². The first-order valence-corrected chi connectivity index (χ1v) is 6.80. The Hall–Kier alpha value is -2.62. The summed E-state index contributed by atoms with van der Waals surface area (Å²) in [5.74, 6) is -0.742. The van der Waals surface area contributed by atoms with Gasteiger partial charge in [0.2, 0.25) is 0 Å². The van der Waals surface area contributed by atoms with E-state index in [0.29, 0.717) is 5.56 Å². The highest BCUT2D eigenvalue weighted by molar-refractivity contribution is 6.16. The highest BCUT2D eigenvalue weighted by Crippen LogP contribution is 2.25. The fourth-order valence-corrected chi connectivity index (χ4v) is 2.60. The van der Waals surface area contributed by atoms with Gasteiger partial charge in [0, 0.05) is 33.9 Å². The van der Waals surface area contributed by atoms with E-state index >= 15 is 0 Å². The Labute approximate surface area is 121 Å². The van der Waals surface area contributed by atoms with E-state index in [2.05, 4.69) is 11.9 Å². The van der Waals surface area contributed by atoms with Gasteiger partial charge in [0.1, 0.15) is 5.82 Å². The Kier molecular flexibility index (Phi) is 3.22. The number of aryl methyl sites for hydroxylation is 1. The summed E-state index contributed by atoms with van der Waals surface area (Å²) in [5.41, 5.74) is 8.74. The van der Waals surface area contributed by atoms with Crippen LogP contribution in [-0.4, -0.2) is 10.8 Å². The van der Waals surface area contributed by atoms with Crippen LogP contribution in [0.4, 0.5) is 10.1 Å². The van der Waals surface area contributed by atoms with Crippen LogP contribution in [0, 0.1) is 5.82 Å². The summed E-state index contributed by atoms with van der Waals surface area (Å²) in [6.07, 6.45) is 2.55. The number of carbonyl (C=O) groups excluding carboxylic acids is 1. The van der Waals surface area contributed by atoms with Crippen molar-refractivity contribution in [3.63, 3.8) is 0 Å². The highest BCUT2D eigenvalue weighted by atomic mass is 19.1. The van der Waals surface area contributed by atoms with Crippen molar-refractivity contribution >= 4 is 22.4 Å². The number of nitrogens with one attached hydrogen (secondary N) is 1. The van der Waals surface area contributed by atoms with Gasteiger partial charge in [-0.2, -0.15) is 0 Å². The molecule has 1 heterocycles. The first kappa shape index (κ1) is 13.4. The molecule has 3 aromatic rings. The number of nitrogen functional groups attached to an aromatic ring is 1. The molecule has 2 aromatic carbocycles. The third-order valence-corrected chi connectivity index (χ3v) is 3.61. The molecule has 0 spiro atoms. The largest absolute Gasteiger partial charge is 0.399 e. The standard InChI is InChI=1S/C17H15FN2O/c1-2-10-4-3-5-14-15(9-20-16(10)14)17(21)11-6-12(18)8-13(19)7-11/h3-9,20H,2,19H2,1H3. The fraction of sp³-hybridized carbons (Fsp3) is 0.118. The van der Waals surface area contributed by atoms with Crippen LogP contribution in [0.15, 0.2) is 42.6 Å². The van der Waals surface area contributed by atoms with Crippen molar-refractivity contribution in [2.75, 3.05) is 5.73 Å². The number of hydrogen-bond acceptors (Lipinski definition) is 2. The van der Waals surface area contributed by atoms with E-state index in [1.54, 1.807) is 6.20 Å². The van der Waals surface area contributed by atoms with Crippen LogP contribution in [0.5, 0.6) is 0 Å². The zero-order valence-corrected chi connectivity index (χ0v) is 11.6. The van der Waals surface area contributed by atoms with Crippen molar-refractivity contribution in [3.05, 3.63) is 65.1 Å². The van der Waals surface area contributed by atoms with Crippen LogP contribution >= 0.6 is 0 Å². The molecule has 0 saturated heterocycles. The number of benzene rings is 2. The molecule has 1 aromatic heterocycles. The van der Waals surface area contributed by atoms with E-state index in [-0.39, 0.29) is 17.0 Å². The molecule has 0 aliphatic rings. The Balaban J connectivity index is 2.14. The van der Waals surface area contributed by atoms with Gasteiger partial charge >= 0.3 is 0 Å². The molecular weight excluding hydrogens is 267 g/mol. The Bertz CT molecular complexity index is 816. The van der Waals surface area contributed by atoms with Crippen LogP contribution < -0.4 is 5.73 Å². The fourth-order valence-electron chi connectivity index (χ4n) is 2.60. The minimum Gasteiger partial charge on any atom is -0.399 e. The minimum atomic E-state index is -0.507. The van der Waals surface area contributed by atoms with Gasteiger partial charge in [-0.3, -0.25) is 4.79 Å². The minimum absolute atomic E-state index is 0.235. The number of nitrogens with two attached hydrogens (primary N) is 1. The number of aromatic nitrogens is 1. The average molecular weight is 282 g/mol. The van der Waals surface area contributed by atoms with E-state index in [4.69, 9.17) is 5.73 Å². The van der Waals surface area contributed by atoms with E-state index in [9.17, 15) is 9.18 Å². The number of hydrogen-bond donors (Lipinski definition) is 2. The predicted molar refractivity (Wildman–Crippen MR) is 81.9 cm³/mol. The number of anilines is 1. The van der Waals surface area contributed by atoms with Crippen LogP contribution in [0.2, 0.25) is 0 Å². The van der Waals surface area contributed by atoms with Gasteiger partial charge in [0.05, 0.1) is 0 Å². The molecule has 3 N–H and O–H groups in total. The molecule has 0 aliphatic carbocycles. The molecule has 3 rings (SSSR count). The lowest BCUT2D eigenvalue weighted by Gasteiger charge is -2.03. The molecule has 0 saturated carbocycles. The predicted octanol–water partition coefficient (Wildman–Crippen LogP) is 3.68. The molecular formula is C17H15FN2O. The number of halogens is 1. The van der Waals surface area contributed by atoms with Gasteiger partial charge in [-0.05, 0) is 30.2 Å². The molecule has 0 unspecified atom stereocenters. The molecule has 0 radical (unpaired) electrons. The normalized spacial score (nSPS) is 11.0. The van der Waals surface area contributed by atoms with Crippen LogP contribution in [0.3, 0.4) is 0 Å². The first-order chi connectivity index (χ1) is 10.1. The maximum atomic E-state index is 13.4. The summed E-state index contributed by atoms with van der Waals surface area (Å²) in [5, 5.41) is 0.849. The summed E-state index contributed by atoms with van der Waals surface area (Å²) >= 11 is 0. The van der Waals surface area contributed by atoms with Gasteiger partial charge in [0.25, 0.3) is 0 Å². The molecule has 0 atom stereocenters. The zero-order chi connectivity index (χ0) is 15.0. The third-order valence-electron chi connectivity index (χ3n) is 3.61. The molecule has 3 nitrogen and oxygen atoms in total. The summed E-state index contributed by atoms with van der Waals surface area (Å²) in [7, 11) is 0. The SMILES string of the molecule is CCc1cccc2c(C(=O)c3cc(N)cc(F)c3)c[nH]c12. The Morgan fingerprint density at radius 2 is 2.10 bits per heavy atom. The lowest BCUT2D eigenvalue weighted by molar-refractivity contribution is 0.104. The van der Waals surface area contributed by atoms with Gasteiger partial charge in [0.15, 0.2) is 5.78 Å². The molecule has 0 bridgehead atoms. The van der Waals surface area contributed by atoms with Crippen LogP contribution in [0.1, 0.15) is 28.4 Å². The lowest BCUT2D eigenvalue weighted by Crippen LogP contribution is -2.02. The van der Waals surface area contributed by atoms with E-state index in [1.165, 1.54) is 18.2 Å². The number of H-pyrrole nitrogens is 1. The van der Waals surface area contributed by atoms with Gasteiger partial charge in [-0.1, -0.05) is 25.1 Å². The number of para-hydroxylation sites is 1.